The van der Waals surface area contributed by atoms with Gasteiger partial charge in [-0.1, -0.05) is 59.6 Å². The summed E-state index contributed by atoms with van der Waals surface area (Å²) in [5.41, 5.74) is 2.36. The van der Waals surface area contributed by atoms with Crippen molar-refractivity contribution in [2.24, 2.45) is 0 Å². The smallest absolute Gasteiger partial charge is 0.333 e. The van der Waals surface area contributed by atoms with E-state index < -0.39 is 17.9 Å². The van der Waals surface area contributed by atoms with Crippen LogP contribution >= 0.6 is 23.2 Å². The van der Waals surface area contributed by atoms with Gasteiger partial charge < -0.3 is 15.2 Å². The Morgan fingerprint density at radius 2 is 1.38 bits per heavy atom. The zero-order valence-electron chi connectivity index (χ0n) is 17.4. The molecule has 0 bridgehead atoms. The zero-order chi connectivity index (χ0) is 23.3. The van der Waals surface area contributed by atoms with Crippen molar-refractivity contribution >= 4 is 40.7 Å². The minimum atomic E-state index is -0.950. The van der Waals surface area contributed by atoms with E-state index in [1.165, 1.54) is 19.1 Å². The molecule has 0 spiro atoms. The van der Waals surface area contributed by atoms with Crippen LogP contribution in [0.5, 0.6) is 5.75 Å². The Kier molecular flexibility index (Phi) is 7.57. The highest BCUT2D eigenvalue weighted by Gasteiger charge is 2.22. The lowest BCUT2D eigenvalue weighted by atomic mass is 9.97. The fraction of sp³-hybridized carbons (Fsp3) is 0.120. The molecule has 3 rings (SSSR count). The molecule has 3 aromatic carbocycles. The Morgan fingerprint density at radius 1 is 0.875 bits per heavy atom. The topological polar surface area (TPSA) is 75.6 Å². The van der Waals surface area contributed by atoms with Crippen molar-refractivity contribution in [2.45, 2.75) is 19.9 Å². The van der Waals surface area contributed by atoms with E-state index in [9.17, 15) is 14.7 Å². The fourth-order valence-corrected chi connectivity index (χ4v) is 3.35. The molecule has 0 aromatic heterocycles. The molecule has 1 atom stereocenters. The number of phenols is 1. The molecule has 2 N–H and O–H groups in total. The highest BCUT2D eigenvalue weighted by atomic mass is 35.5. The van der Waals surface area contributed by atoms with Gasteiger partial charge in [-0.2, -0.15) is 0 Å². The molecule has 7 heteroatoms. The van der Waals surface area contributed by atoms with E-state index in [0.717, 1.165) is 11.1 Å². The Bertz CT molecular complexity index is 1110. The Labute approximate surface area is 196 Å². The quantitative estimate of drug-likeness (QED) is 0.351. The normalized spacial score (nSPS) is 11.4. The van der Waals surface area contributed by atoms with Crippen LogP contribution in [0.1, 0.15) is 35.3 Å². The van der Waals surface area contributed by atoms with Crippen molar-refractivity contribution in [3.05, 3.63) is 105 Å². The van der Waals surface area contributed by atoms with Gasteiger partial charge in [0.25, 0.3) is 5.91 Å². The highest BCUT2D eigenvalue weighted by molar-refractivity contribution is 6.31. The van der Waals surface area contributed by atoms with Gasteiger partial charge in [-0.3, -0.25) is 4.79 Å². The maximum absolute atomic E-state index is 12.7. The fourth-order valence-electron chi connectivity index (χ4n) is 3.10. The lowest BCUT2D eigenvalue weighted by molar-refractivity contribution is -0.141. The minimum Gasteiger partial charge on any atom is -0.507 e. The van der Waals surface area contributed by atoms with Gasteiger partial charge in [0.15, 0.2) is 0 Å². The number of halogens is 2. The first-order valence-corrected chi connectivity index (χ1v) is 10.5. The van der Waals surface area contributed by atoms with Gasteiger partial charge in [-0.05, 0) is 61.4 Å². The van der Waals surface area contributed by atoms with Gasteiger partial charge in [0, 0.05) is 15.6 Å². The van der Waals surface area contributed by atoms with Crippen molar-refractivity contribution in [3.8, 4) is 5.75 Å². The van der Waals surface area contributed by atoms with E-state index in [4.69, 9.17) is 27.9 Å². The Balaban J connectivity index is 1.85. The molecule has 0 unspecified atom stereocenters. The summed E-state index contributed by atoms with van der Waals surface area (Å²) >= 11 is 12.0. The number of esters is 1. The van der Waals surface area contributed by atoms with Crippen LogP contribution < -0.4 is 5.32 Å². The van der Waals surface area contributed by atoms with Crippen molar-refractivity contribution < 1.29 is 19.4 Å². The second kappa shape index (κ2) is 10.4. The first kappa shape index (κ1) is 23.4. The number of carbonyl (C=O) groups excluding carboxylic acids is 2. The van der Waals surface area contributed by atoms with Gasteiger partial charge >= 0.3 is 5.97 Å². The number of carbonyl (C=O) groups is 2. The van der Waals surface area contributed by atoms with Gasteiger partial charge in [0.1, 0.15) is 17.6 Å². The summed E-state index contributed by atoms with van der Waals surface area (Å²) in [6, 6.07) is 19.4. The van der Waals surface area contributed by atoms with E-state index in [-0.39, 0.29) is 11.3 Å². The number of phenolic OH excluding ortho intramolecular Hbond substituents is 1. The summed E-state index contributed by atoms with van der Waals surface area (Å²) in [7, 11) is 0. The number of para-hydroxylation sites is 1. The van der Waals surface area contributed by atoms with Crippen LogP contribution in [0.3, 0.4) is 0 Å². The van der Waals surface area contributed by atoms with E-state index in [1.54, 1.807) is 43.3 Å². The van der Waals surface area contributed by atoms with E-state index in [2.05, 4.69) is 5.32 Å². The summed E-state index contributed by atoms with van der Waals surface area (Å²) in [6.07, 6.45) is 0. The third-order valence-corrected chi connectivity index (χ3v) is 5.23. The number of nitrogens with one attached hydrogen (secondary N) is 1. The number of hydrogen-bond donors (Lipinski definition) is 2. The zero-order valence-corrected chi connectivity index (χ0v) is 18.9. The number of benzene rings is 3. The molecular weight excluding hydrogens is 449 g/mol. The van der Waals surface area contributed by atoms with Gasteiger partial charge in [-0.15, -0.1) is 0 Å². The first-order chi connectivity index (χ1) is 15.3. The molecule has 0 aliphatic heterocycles. The van der Waals surface area contributed by atoms with Crippen LogP contribution in [0, 0.1) is 0 Å². The first-order valence-electron chi connectivity index (χ1n) is 9.79. The van der Waals surface area contributed by atoms with Crippen LogP contribution in [0.15, 0.2) is 78.6 Å². The summed E-state index contributed by atoms with van der Waals surface area (Å²) in [5, 5.41) is 13.5. The number of amides is 1. The largest absolute Gasteiger partial charge is 0.507 e. The number of rotatable bonds is 6. The summed E-state index contributed by atoms with van der Waals surface area (Å²) in [6.45, 7) is 3.19. The van der Waals surface area contributed by atoms with Gasteiger partial charge in [0.05, 0.1) is 5.56 Å². The lowest BCUT2D eigenvalue weighted by Crippen LogP contribution is -2.39. The molecular formula is C25H21Cl2NO4. The van der Waals surface area contributed by atoms with Gasteiger partial charge in [-0.25, -0.2) is 4.79 Å². The average Bonchev–Trinajstić information content (AvgIpc) is 2.76. The van der Waals surface area contributed by atoms with Crippen molar-refractivity contribution in [1.29, 1.82) is 0 Å². The number of aromatic hydroxyl groups is 1. The number of hydrogen-bond acceptors (Lipinski definition) is 4. The molecule has 32 heavy (non-hydrogen) atoms. The van der Waals surface area contributed by atoms with Crippen LogP contribution in [0.4, 0.5) is 0 Å². The van der Waals surface area contributed by atoms with E-state index in [0.29, 0.717) is 21.4 Å². The van der Waals surface area contributed by atoms with Crippen molar-refractivity contribution in [1.82, 2.24) is 5.32 Å². The monoisotopic (exact) mass is 469 g/mol. The summed E-state index contributed by atoms with van der Waals surface area (Å²) in [4.78, 5) is 25.1. The molecule has 0 saturated heterocycles. The van der Waals surface area contributed by atoms with E-state index in [1.807, 2.05) is 24.3 Å². The van der Waals surface area contributed by atoms with Crippen LogP contribution in [0.2, 0.25) is 10.0 Å². The third-order valence-electron chi connectivity index (χ3n) is 4.72. The number of allylic oxidation sites excluding steroid dienone is 1. The molecule has 0 heterocycles. The van der Waals surface area contributed by atoms with Crippen molar-refractivity contribution in [3.63, 3.8) is 0 Å². The molecule has 0 aliphatic carbocycles. The van der Waals surface area contributed by atoms with Crippen LogP contribution in [-0.2, 0) is 9.53 Å². The molecule has 0 radical (unpaired) electrons. The van der Waals surface area contributed by atoms with Crippen LogP contribution in [-0.4, -0.2) is 23.0 Å². The number of ether oxygens (including phenoxy) is 1. The summed E-state index contributed by atoms with van der Waals surface area (Å²) in [5.74, 6) is -1.05. The molecule has 1 amide bonds. The van der Waals surface area contributed by atoms with Crippen molar-refractivity contribution in [2.75, 3.05) is 0 Å². The predicted molar refractivity (Wildman–Crippen MR) is 126 cm³/mol. The highest BCUT2D eigenvalue weighted by Crippen LogP contribution is 2.29. The Hall–Kier alpha value is -3.28. The second-order valence-electron chi connectivity index (χ2n) is 7.08. The molecule has 0 fully saturated rings. The van der Waals surface area contributed by atoms with Gasteiger partial charge in [0.2, 0.25) is 0 Å². The maximum Gasteiger partial charge on any atom is 0.333 e. The Morgan fingerprint density at radius 3 is 1.88 bits per heavy atom. The molecule has 0 saturated carbocycles. The average molecular weight is 470 g/mol. The molecule has 3 aromatic rings. The standard InChI is InChI=1S/C25H21Cl2NO4/c1-15(28-24(30)21-5-3-4-6-22(21)29)25(31)32-16(2)23(17-7-11-19(26)12-8-17)18-9-13-20(27)14-10-18/h3-15,29H,1-2H3,(H,28,30)/t15-/m0/s1. The molecule has 0 aliphatic rings. The molecule has 5 nitrogen and oxygen atoms in total. The van der Waals surface area contributed by atoms with E-state index >= 15 is 0 Å². The molecule has 164 valence electrons. The summed E-state index contributed by atoms with van der Waals surface area (Å²) < 4.78 is 5.61. The third kappa shape index (κ3) is 5.69. The lowest BCUT2D eigenvalue weighted by Gasteiger charge is -2.17. The maximum atomic E-state index is 12.7. The predicted octanol–water partition coefficient (Wildman–Crippen LogP) is 5.84. The minimum absolute atomic E-state index is 0.0717. The second-order valence-corrected chi connectivity index (χ2v) is 7.95. The van der Waals surface area contributed by atoms with Crippen LogP contribution in [0.25, 0.3) is 5.57 Å². The SMILES string of the molecule is CC(OC(=O)[C@H](C)NC(=O)c1ccccc1O)=C(c1ccc(Cl)cc1)c1ccc(Cl)cc1.